The predicted molar refractivity (Wildman–Crippen MR) is 53.0 cm³/mol. The van der Waals surface area contributed by atoms with Crippen molar-refractivity contribution < 1.29 is 9.53 Å². The minimum absolute atomic E-state index is 0.132. The number of esters is 1. The summed E-state index contributed by atoms with van der Waals surface area (Å²) < 4.78 is 4.99. The van der Waals surface area contributed by atoms with Crippen LogP contribution in [0.4, 0.5) is 0 Å². The molecule has 0 aromatic rings. The highest BCUT2D eigenvalue weighted by molar-refractivity contribution is 7.99. The molecule has 0 saturated heterocycles. The van der Waals surface area contributed by atoms with Gasteiger partial charge in [0, 0.05) is 11.3 Å². The summed E-state index contributed by atoms with van der Waals surface area (Å²) in [5.41, 5.74) is 0.299. The fourth-order valence-electron chi connectivity index (χ4n) is 0.489. The third-order valence-electron chi connectivity index (χ3n) is 1.07. The molecule has 12 heavy (non-hydrogen) atoms. The van der Waals surface area contributed by atoms with Gasteiger partial charge in [-0.15, -0.1) is 18.3 Å². The first kappa shape index (κ1) is 11.3. The van der Waals surface area contributed by atoms with Crippen LogP contribution < -0.4 is 0 Å². The van der Waals surface area contributed by atoms with Crippen LogP contribution >= 0.6 is 11.8 Å². The van der Waals surface area contributed by atoms with Crippen molar-refractivity contribution in [1.82, 2.24) is 0 Å². The zero-order valence-electron chi connectivity index (χ0n) is 7.50. The zero-order valence-corrected chi connectivity index (χ0v) is 8.32. The van der Waals surface area contributed by atoms with Gasteiger partial charge in [0.1, 0.15) is 5.44 Å². The molecule has 0 aromatic carbocycles. The summed E-state index contributed by atoms with van der Waals surface area (Å²) in [6.07, 6.45) is 1.77. The third kappa shape index (κ3) is 5.02. The van der Waals surface area contributed by atoms with E-state index in [1.165, 1.54) is 11.8 Å². The molecule has 0 aromatic heterocycles. The molecular formula is C9H14O2S. The molecule has 68 valence electrons. The Morgan fingerprint density at radius 3 is 2.75 bits per heavy atom. The Bertz CT molecular complexity index is 187. The van der Waals surface area contributed by atoms with E-state index >= 15 is 0 Å². The van der Waals surface area contributed by atoms with E-state index in [4.69, 9.17) is 4.74 Å². The maximum atomic E-state index is 11.0. The van der Waals surface area contributed by atoms with Crippen LogP contribution in [-0.2, 0) is 9.53 Å². The Hall–Kier alpha value is -0.700. The fourth-order valence-corrected chi connectivity index (χ4v) is 1.05. The van der Waals surface area contributed by atoms with E-state index in [1.54, 1.807) is 13.0 Å². The topological polar surface area (TPSA) is 26.3 Å². The molecule has 0 fully saturated rings. The van der Waals surface area contributed by atoms with Crippen LogP contribution in [0, 0.1) is 0 Å². The van der Waals surface area contributed by atoms with E-state index in [0.717, 1.165) is 5.75 Å². The summed E-state index contributed by atoms with van der Waals surface area (Å²) in [4.78, 5) is 11.0. The minimum atomic E-state index is -0.334. The SMILES string of the molecule is C=CCSC(C)OC(=O)C(=C)C. The molecule has 0 amide bonds. The molecule has 0 bridgehead atoms. The fraction of sp³-hybridized carbons (Fsp3) is 0.444. The lowest BCUT2D eigenvalue weighted by Gasteiger charge is -2.10. The van der Waals surface area contributed by atoms with E-state index in [-0.39, 0.29) is 11.4 Å². The first-order chi connectivity index (χ1) is 5.57. The average Bonchev–Trinajstić information content (AvgIpc) is 2.00. The van der Waals surface area contributed by atoms with Crippen LogP contribution in [0.1, 0.15) is 13.8 Å². The largest absolute Gasteiger partial charge is 0.448 e. The highest BCUT2D eigenvalue weighted by Gasteiger charge is 2.08. The van der Waals surface area contributed by atoms with Gasteiger partial charge in [0.05, 0.1) is 0 Å². The van der Waals surface area contributed by atoms with Gasteiger partial charge in [0.15, 0.2) is 0 Å². The monoisotopic (exact) mass is 186 g/mol. The van der Waals surface area contributed by atoms with Crippen LogP contribution in [0.2, 0.25) is 0 Å². The normalized spacial score (nSPS) is 11.8. The van der Waals surface area contributed by atoms with Crippen LogP contribution in [-0.4, -0.2) is 17.2 Å². The van der Waals surface area contributed by atoms with Crippen molar-refractivity contribution in [3.63, 3.8) is 0 Å². The number of rotatable bonds is 5. The minimum Gasteiger partial charge on any atom is -0.448 e. The van der Waals surface area contributed by atoms with Crippen LogP contribution in [0.5, 0.6) is 0 Å². The molecule has 1 atom stereocenters. The van der Waals surface area contributed by atoms with Gasteiger partial charge in [0.25, 0.3) is 0 Å². The van der Waals surface area contributed by atoms with Gasteiger partial charge >= 0.3 is 5.97 Å². The molecule has 0 heterocycles. The third-order valence-corrected chi connectivity index (χ3v) is 2.06. The standard InChI is InChI=1S/C9H14O2S/c1-5-6-12-8(4)11-9(10)7(2)3/h5,8H,1-2,6H2,3-4H3. The molecule has 0 spiro atoms. The second-order valence-corrected chi connectivity index (χ2v) is 3.71. The van der Waals surface area contributed by atoms with E-state index < -0.39 is 0 Å². The Kier molecular flexibility index (Phi) is 5.54. The second-order valence-electron chi connectivity index (χ2n) is 2.38. The molecule has 0 saturated carbocycles. The van der Waals surface area contributed by atoms with Crippen LogP contribution in [0.15, 0.2) is 24.8 Å². The number of hydrogen-bond donors (Lipinski definition) is 0. The predicted octanol–water partition coefficient (Wildman–Crippen LogP) is 2.37. The summed E-state index contributed by atoms with van der Waals surface area (Å²) in [7, 11) is 0. The van der Waals surface area contributed by atoms with E-state index in [9.17, 15) is 4.79 Å². The van der Waals surface area contributed by atoms with E-state index in [1.807, 2.05) is 6.92 Å². The van der Waals surface area contributed by atoms with Gasteiger partial charge in [-0.25, -0.2) is 4.79 Å². The van der Waals surface area contributed by atoms with Crippen molar-refractivity contribution in [3.8, 4) is 0 Å². The molecule has 1 unspecified atom stereocenters. The van der Waals surface area contributed by atoms with Crippen molar-refractivity contribution in [2.45, 2.75) is 19.3 Å². The number of thioether (sulfide) groups is 1. The summed E-state index contributed by atoms with van der Waals surface area (Å²) in [5.74, 6) is 0.448. The molecule has 0 N–H and O–H groups in total. The van der Waals surface area contributed by atoms with Gasteiger partial charge < -0.3 is 4.74 Å². The van der Waals surface area contributed by atoms with Gasteiger partial charge in [0.2, 0.25) is 0 Å². The molecular weight excluding hydrogens is 172 g/mol. The second kappa shape index (κ2) is 5.89. The number of hydrogen-bond acceptors (Lipinski definition) is 3. The maximum Gasteiger partial charge on any atom is 0.334 e. The molecule has 2 nitrogen and oxygen atoms in total. The quantitative estimate of drug-likeness (QED) is 0.285. The van der Waals surface area contributed by atoms with Crippen LogP contribution in [0.25, 0.3) is 0 Å². The number of carbonyl (C=O) groups excluding carboxylic acids is 1. The van der Waals surface area contributed by atoms with Crippen molar-refractivity contribution >= 4 is 17.7 Å². The molecule has 0 aliphatic heterocycles. The van der Waals surface area contributed by atoms with Crippen molar-refractivity contribution in [2.24, 2.45) is 0 Å². The van der Waals surface area contributed by atoms with E-state index in [0.29, 0.717) is 5.57 Å². The first-order valence-corrected chi connectivity index (χ1v) is 4.71. The molecule has 0 aliphatic rings. The molecule has 0 rings (SSSR count). The summed E-state index contributed by atoms with van der Waals surface area (Å²) in [5, 5.41) is 0. The average molecular weight is 186 g/mol. The van der Waals surface area contributed by atoms with Crippen molar-refractivity contribution in [3.05, 3.63) is 24.8 Å². The lowest BCUT2D eigenvalue weighted by molar-refractivity contribution is -0.139. The van der Waals surface area contributed by atoms with Crippen molar-refractivity contribution in [1.29, 1.82) is 0 Å². The van der Waals surface area contributed by atoms with Gasteiger partial charge in [-0.2, -0.15) is 0 Å². The highest BCUT2D eigenvalue weighted by atomic mass is 32.2. The smallest absolute Gasteiger partial charge is 0.334 e. The highest BCUT2D eigenvalue weighted by Crippen LogP contribution is 2.12. The summed E-state index contributed by atoms with van der Waals surface area (Å²) in [6.45, 7) is 10.5. The van der Waals surface area contributed by atoms with E-state index in [2.05, 4.69) is 13.2 Å². The Labute approximate surface area is 77.7 Å². The Morgan fingerprint density at radius 2 is 2.33 bits per heavy atom. The molecule has 0 aliphatic carbocycles. The summed E-state index contributed by atoms with van der Waals surface area (Å²) >= 11 is 1.52. The molecule has 0 radical (unpaired) electrons. The number of ether oxygens (including phenoxy) is 1. The Morgan fingerprint density at radius 1 is 1.75 bits per heavy atom. The lowest BCUT2D eigenvalue weighted by Crippen LogP contribution is -2.12. The summed E-state index contributed by atoms with van der Waals surface area (Å²) in [6, 6.07) is 0. The van der Waals surface area contributed by atoms with Crippen LogP contribution in [0.3, 0.4) is 0 Å². The molecule has 3 heteroatoms. The Balaban J connectivity index is 3.68. The lowest BCUT2D eigenvalue weighted by atomic mass is 10.4. The van der Waals surface area contributed by atoms with Crippen molar-refractivity contribution in [2.75, 3.05) is 5.75 Å². The zero-order chi connectivity index (χ0) is 9.56. The van der Waals surface area contributed by atoms with Gasteiger partial charge in [-0.1, -0.05) is 12.7 Å². The van der Waals surface area contributed by atoms with Gasteiger partial charge in [-0.3, -0.25) is 0 Å². The first-order valence-electron chi connectivity index (χ1n) is 3.67. The van der Waals surface area contributed by atoms with Gasteiger partial charge in [-0.05, 0) is 13.8 Å². The number of carbonyl (C=O) groups is 1. The maximum absolute atomic E-state index is 11.0.